The highest BCUT2D eigenvalue weighted by molar-refractivity contribution is 6.33. The van der Waals surface area contributed by atoms with Crippen LogP contribution in [0.15, 0.2) is 34.7 Å². The van der Waals surface area contributed by atoms with E-state index < -0.39 is 4.92 Å². The fourth-order valence-electron chi connectivity index (χ4n) is 2.24. The first-order chi connectivity index (χ1) is 12.3. The molecule has 26 heavy (non-hydrogen) atoms. The largest absolute Gasteiger partial charge is 0.464 e. The highest BCUT2D eigenvalue weighted by Crippen LogP contribution is 2.27. The topological polar surface area (TPSA) is 91.9 Å². The molecule has 0 aliphatic rings. The molecule has 2 aromatic rings. The third-order valence-electron chi connectivity index (χ3n) is 3.65. The second-order valence-electron chi connectivity index (χ2n) is 6.09. The molecule has 0 bridgehead atoms. The molecule has 0 aliphatic carbocycles. The van der Waals surface area contributed by atoms with Crippen molar-refractivity contribution >= 4 is 29.0 Å². The molecular weight excluding hydrogens is 360 g/mol. The van der Waals surface area contributed by atoms with Crippen molar-refractivity contribution in [2.24, 2.45) is 0 Å². The van der Waals surface area contributed by atoms with E-state index in [1.54, 1.807) is 4.90 Å². The number of anilines is 1. The maximum Gasteiger partial charge on any atom is 0.322 e. The van der Waals surface area contributed by atoms with Crippen molar-refractivity contribution in [1.82, 2.24) is 9.80 Å². The second kappa shape index (κ2) is 8.68. The van der Waals surface area contributed by atoms with Crippen LogP contribution < -0.4 is 5.32 Å². The van der Waals surface area contributed by atoms with Crippen molar-refractivity contribution in [2.75, 3.05) is 32.5 Å². The van der Waals surface area contributed by atoms with Crippen LogP contribution in [0.5, 0.6) is 0 Å². The number of benzene rings is 1. The minimum atomic E-state index is -0.542. The summed E-state index contributed by atoms with van der Waals surface area (Å²) >= 11 is 6.05. The smallest absolute Gasteiger partial charge is 0.322 e. The standard InChI is InChI=1S/C17H21ClN4O4/c1-12-4-6-14(26-12)11-21(9-8-20(2)3)17(23)19-16-7-5-13(22(24)25)10-15(16)18/h4-7,10H,8-9,11H2,1-3H3,(H,19,23). The average Bonchev–Trinajstić information content (AvgIpc) is 2.97. The van der Waals surface area contributed by atoms with Gasteiger partial charge in [-0.3, -0.25) is 10.1 Å². The van der Waals surface area contributed by atoms with E-state index in [1.807, 2.05) is 38.1 Å². The van der Waals surface area contributed by atoms with Crippen LogP contribution in [0, 0.1) is 17.0 Å². The van der Waals surface area contributed by atoms with Crippen LogP contribution in [0.25, 0.3) is 0 Å². The Morgan fingerprint density at radius 3 is 2.54 bits per heavy atom. The quantitative estimate of drug-likeness (QED) is 0.583. The zero-order chi connectivity index (χ0) is 19.3. The maximum absolute atomic E-state index is 12.7. The van der Waals surface area contributed by atoms with Gasteiger partial charge in [-0.1, -0.05) is 11.6 Å². The molecule has 1 heterocycles. The highest BCUT2D eigenvalue weighted by Gasteiger charge is 2.18. The van der Waals surface area contributed by atoms with Crippen molar-refractivity contribution in [1.29, 1.82) is 0 Å². The molecule has 2 rings (SSSR count). The monoisotopic (exact) mass is 380 g/mol. The molecule has 0 saturated carbocycles. The second-order valence-corrected chi connectivity index (χ2v) is 6.50. The minimum Gasteiger partial charge on any atom is -0.464 e. The van der Waals surface area contributed by atoms with Gasteiger partial charge in [-0.25, -0.2) is 4.79 Å². The lowest BCUT2D eigenvalue weighted by atomic mass is 10.3. The molecule has 9 heteroatoms. The van der Waals surface area contributed by atoms with Gasteiger partial charge in [-0.2, -0.15) is 0 Å². The minimum absolute atomic E-state index is 0.106. The highest BCUT2D eigenvalue weighted by atomic mass is 35.5. The number of nitrogens with one attached hydrogen (secondary N) is 1. The Morgan fingerprint density at radius 1 is 1.27 bits per heavy atom. The summed E-state index contributed by atoms with van der Waals surface area (Å²) in [5.74, 6) is 1.44. The molecule has 1 N–H and O–H groups in total. The van der Waals surface area contributed by atoms with Gasteiger partial charge in [0.2, 0.25) is 0 Å². The summed E-state index contributed by atoms with van der Waals surface area (Å²) in [4.78, 5) is 26.5. The van der Waals surface area contributed by atoms with Gasteiger partial charge in [0.05, 0.1) is 22.2 Å². The molecule has 140 valence electrons. The Kier molecular flexibility index (Phi) is 6.59. The third-order valence-corrected chi connectivity index (χ3v) is 3.96. The summed E-state index contributed by atoms with van der Waals surface area (Å²) < 4.78 is 5.55. The van der Waals surface area contributed by atoms with E-state index in [0.29, 0.717) is 31.1 Å². The predicted molar refractivity (Wildman–Crippen MR) is 99.5 cm³/mol. The van der Waals surface area contributed by atoms with Gasteiger partial charge in [0.1, 0.15) is 11.5 Å². The van der Waals surface area contributed by atoms with Crippen LogP contribution in [-0.2, 0) is 6.54 Å². The van der Waals surface area contributed by atoms with Crippen molar-refractivity contribution in [2.45, 2.75) is 13.5 Å². The van der Waals surface area contributed by atoms with Crippen LogP contribution in [0.1, 0.15) is 11.5 Å². The molecule has 2 amide bonds. The molecule has 0 radical (unpaired) electrons. The maximum atomic E-state index is 12.7. The molecule has 0 saturated heterocycles. The Bertz CT molecular complexity index is 791. The molecule has 0 spiro atoms. The molecule has 0 aliphatic heterocycles. The summed E-state index contributed by atoms with van der Waals surface area (Å²) in [7, 11) is 3.83. The number of nitrogens with zero attached hydrogens (tertiary/aromatic N) is 3. The van der Waals surface area contributed by atoms with Crippen LogP contribution in [0.3, 0.4) is 0 Å². The van der Waals surface area contributed by atoms with E-state index in [4.69, 9.17) is 16.0 Å². The lowest BCUT2D eigenvalue weighted by Crippen LogP contribution is -2.39. The van der Waals surface area contributed by atoms with Crippen molar-refractivity contribution in [3.63, 3.8) is 0 Å². The van der Waals surface area contributed by atoms with E-state index in [-0.39, 0.29) is 16.7 Å². The number of rotatable bonds is 7. The summed E-state index contributed by atoms with van der Waals surface area (Å²) in [6.45, 7) is 3.28. The molecule has 0 unspecified atom stereocenters. The lowest BCUT2D eigenvalue weighted by molar-refractivity contribution is -0.384. The number of urea groups is 1. The number of furan rings is 1. The number of non-ortho nitro benzene ring substituents is 1. The summed E-state index contributed by atoms with van der Waals surface area (Å²) in [5.41, 5.74) is 0.177. The normalized spacial score (nSPS) is 10.8. The number of nitro benzene ring substituents is 1. The fraction of sp³-hybridized carbons (Fsp3) is 0.353. The number of hydrogen-bond donors (Lipinski definition) is 1. The lowest BCUT2D eigenvalue weighted by Gasteiger charge is -2.24. The Hall–Kier alpha value is -2.58. The molecule has 8 nitrogen and oxygen atoms in total. The number of amides is 2. The zero-order valence-electron chi connectivity index (χ0n) is 14.9. The van der Waals surface area contributed by atoms with E-state index in [2.05, 4.69) is 5.32 Å². The summed E-state index contributed by atoms with van der Waals surface area (Å²) in [6.07, 6.45) is 0. The number of likely N-dealkylation sites (N-methyl/N-ethyl adjacent to an activating group) is 1. The number of hydrogen-bond acceptors (Lipinski definition) is 5. The summed E-state index contributed by atoms with van der Waals surface area (Å²) in [5, 5.41) is 13.6. The van der Waals surface area contributed by atoms with Crippen LogP contribution >= 0.6 is 11.6 Å². The molecule has 0 fully saturated rings. The molecule has 1 aromatic carbocycles. The Morgan fingerprint density at radius 2 is 2.00 bits per heavy atom. The van der Waals surface area contributed by atoms with Gasteiger partial charge in [0.15, 0.2) is 0 Å². The van der Waals surface area contributed by atoms with E-state index in [9.17, 15) is 14.9 Å². The van der Waals surface area contributed by atoms with Crippen LogP contribution in [-0.4, -0.2) is 47.9 Å². The van der Waals surface area contributed by atoms with Crippen molar-refractivity contribution in [3.8, 4) is 0 Å². The van der Waals surface area contributed by atoms with Crippen LogP contribution in [0.2, 0.25) is 5.02 Å². The number of carbonyl (C=O) groups excluding carboxylic acids is 1. The first-order valence-electron chi connectivity index (χ1n) is 7.96. The number of carbonyl (C=O) groups is 1. The predicted octanol–water partition coefficient (Wildman–Crippen LogP) is 3.75. The van der Waals surface area contributed by atoms with Crippen LogP contribution in [0.4, 0.5) is 16.2 Å². The average molecular weight is 381 g/mol. The zero-order valence-corrected chi connectivity index (χ0v) is 15.6. The summed E-state index contributed by atoms with van der Waals surface area (Å²) in [6, 6.07) is 7.21. The SMILES string of the molecule is Cc1ccc(CN(CCN(C)C)C(=O)Nc2ccc([N+](=O)[O-])cc2Cl)o1. The number of nitro groups is 1. The molecule has 0 atom stereocenters. The van der Waals surface area contributed by atoms with Gasteiger partial charge in [0.25, 0.3) is 5.69 Å². The van der Waals surface area contributed by atoms with Gasteiger partial charge in [-0.15, -0.1) is 0 Å². The fourth-order valence-corrected chi connectivity index (χ4v) is 2.47. The Labute approximate surface area is 156 Å². The Balaban J connectivity index is 2.13. The number of halogens is 1. The first-order valence-corrected chi connectivity index (χ1v) is 8.34. The van der Waals surface area contributed by atoms with Gasteiger partial charge < -0.3 is 19.5 Å². The van der Waals surface area contributed by atoms with E-state index >= 15 is 0 Å². The first kappa shape index (κ1) is 19.7. The van der Waals surface area contributed by atoms with Gasteiger partial charge >= 0.3 is 6.03 Å². The van der Waals surface area contributed by atoms with Crippen molar-refractivity contribution in [3.05, 3.63) is 57.0 Å². The van der Waals surface area contributed by atoms with E-state index in [1.165, 1.54) is 18.2 Å². The molecule has 1 aromatic heterocycles. The van der Waals surface area contributed by atoms with Gasteiger partial charge in [0, 0.05) is 25.2 Å². The van der Waals surface area contributed by atoms with E-state index in [0.717, 1.165) is 5.76 Å². The van der Waals surface area contributed by atoms with Crippen molar-refractivity contribution < 1.29 is 14.1 Å². The third kappa shape index (κ3) is 5.47. The molecular formula is C17H21ClN4O4. The van der Waals surface area contributed by atoms with Gasteiger partial charge in [-0.05, 0) is 39.2 Å². The number of aryl methyl sites for hydroxylation is 1.